The smallest absolute Gasteiger partial charge is 2.00 e. The van der Waals surface area contributed by atoms with Crippen molar-refractivity contribution in [2.75, 3.05) is 0 Å². The standard InChI is InChI=1S/C20H30.2C5H5.4CH3.4ClH.2Zr/c1-11-13(3)17(19(7,8)15(11)5)18-14(4)12(2)16(6)20(18,9)10;2*1-2-4-5-3-1;;;;;;;;;;/h1-10H3;2*1-3H,4H2;4*1H3;4*1H;;/q;6*-1;;;;;+2;+4/p-4. The number of rotatable bonds is 1. The van der Waals surface area contributed by atoms with Gasteiger partial charge in [-0.2, -0.15) is 12.2 Å². The van der Waals surface area contributed by atoms with E-state index in [-0.39, 0.29) is 91.6 Å². The van der Waals surface area contributed by atoms with Crippen LogP contribution in [-0.2, 0) is 47.1 Å². The Morgan fingerprint density at radius 3 is 0.950 bits per heavy atom. The number of hydrogen-bond acceptors (Lipinski definition) is 0. The largest absolute Gasteiger partial charge is 2.00 e. The summed E-state index contributed by atoms with van der Waals surface area (Å²) >= 11 is -0.826. The fraction of sp³-hybridized carbons (Fsp3) is 0.412. The Hall–Kier alpha value is 0.846. The van der Waals surface area contributed by atoms with Gasteiger partial charge in [-0.05, 0) is 75.0 Å². The first kappa shape index (κ1) is 56.6. The summed E-state index contributed by atoms with van der Waals surface area (Å²) in [5, 5.41) is 0. The van der Waals surface area contributed by atoms with Crippen molar-refractivity contribution in [3.63, 3.8) is 0 Å². The van der Waals surface area contributed by atoms with Gasteiger partial charge in [-0.3, -0.25) is 12.2 Å². The summed E-state index contributed by atoms with van der Waals surface area (Å²) in [6.07, 6.45) is 20.0. The molecule has 0 atom stereocenters. The molecule has 0 saturated carbocycles. The molecule has 6 heteroatoms. The van der Waals surface area contributed by atoms with Crippen LogP contribution in [0.4, 0.5) is 0 Å². The second-order valence-corrected chi connectivity index (χ2v) is 13.6. The summed E-state index contributed by atoms with van der Waals surface area (Å²) in [7, 11) is 9.87. The summed E-state index contributed by atoms with van der Waals surface area (Å²) < 4.78 is 0. The zero-order valence-electron chi connectivity index (χ0n) is 27.4. The van der Waals surface area contributed by atoms with Gasteiger partial charge in [-0.25, -0.2) is 24.3 Å². The van der Waals surface area contributed by atoms with Crippen LogP contribution >= 0.6 is 17.0 Å². The Balaban J connectivity index is -0.0000000917. The van der Waals surface area contributed by atoms with Gasteiger partial charge in [-0.1, -0.05) is 38.8 Å². The maximum atomic E-state index is 4.93. The van der Waals surface area contributed by atoms with Crippen LogP contribution < -0.4 is 24.8 Å². The number of halogens is 4. The third-order valence-corrected chi connectivity index (χ3v) is 7.55. The minimum atomic E-state index is -0.826. The number of hydrogen-bond donors (Lipinski definition) is 0. The fourth-order valence-electron chi connectivity index (χ4n) is 4.87. The van der Waals surface area contributed by atoms with Crippen molar-refractivity contribution in [2.24, 2.45) is 10.8 Å². The van der Waals surface area contributed by atoms with Crippen LogP contribution in [0.15, 0.2) is 81.0 Å². The van der Waals surface area contributed by atoms with E-state index < -0.39 is 20.8 Å². The van der Waals surface area contributed by atoms with Crippen LogP contribution in [0.2, 0.25) is 0 Å². The molecule has 0 spiro atoms. The van der Waals surface area contributed by atoms with Gasteiger partial charge < -0.3 is 54.5 Å². The Morgan fingerprint density at radius 2 is 0.850 bits per heavy atom. The second kappa shape index (κ2) is 26.3. The Morgan fingerprint density at radius 1 is 0.600 bits per heavy atom. The summed E-state index contributed by atoms with van der Waals surface area (Å²) in [6, 6.07) is 0. The van der Waals surface area contributed by atoms with E-state index in [9.17, 15) is 0 Å². The average molecular weight is 785 g/mol. The van der Waals surface area contributed by atoms with Gasteiger partial charge >= 0.3 is 64.1 Å². The van der Waals surface area contributed by atoms with Crippen molar-refractivity contribution in [3.05, 3.63) is 123 Å². The van der Waals surface area contributed by atoms with Crippen molar-refractivity contribution in [2.45, 2.75) is 82.1 Å². The van der Waals surface area contributed by atoms with E-state index >= 15 is 0 Å². The zero-order chi connectivity index (χ0) is 25.4. The molecule has 0 aliphatic heterocycles. The molecule has 0 aromatic rings. The molecule has 228 valence electrons. The van der Waals surface area contributed by atoms with E-state index in [4.69, 9.17) is 17.0 Å². The first-order chi connectivity index (χ1) is 15.4. The molecular weight excluding hydrogens is 733 g/mol. The zero-order valence-corrected chi connectivity index (χ0v) is 35.3. The molecule has 0 aromatic heterocycles. The molecule has 0 aromatic carbocycles. The van der Waals surface area contributed by atoms with E-state index in [0.29, 0.717) is 0 Å². The normalized spacial score (nSPS) is 17.4. The molecule has 0 saturated heterocycles. The molecule has 0 N–H and O–H groups in total. The Kier molecular flexibility index (Phi) is 37.2. The summed E-state index contributed by atoms with van der Waals surface area (Å²) in [6.45, 7) is 23.3. The Labute approximate surface area is 301 Å². The van der Waals surface area contributed by atoms with Crippen molar-refractivity contribution < 1.29 is 71.9 Å². The van der Waals surface area contributed by atoms with Crippen molar-refractivity contribution in [1.82, 2.24) is 0 Å². The molecule has 4 aliphatic carbocycles. The average Bonchev–Trinajstić information content (AvgIpc) is 3.55. The predicted octanol–water partition coefficient (Wildman–Crippen LogP) is 6.17. The van der Waals surface area contributed by atoms with Crippen LogP contribution in [0.25, 0.3) is 0 Å². The van der Waals surface area contributed by atoms with E-state index in [0.717, 1.165) is 12.8 Å². The second-order valence-electron chi connectivity index (χ2n) is 9.83. The van der Waals surface area contributed by atoms with Crippen molar-refractivity contribution >= 4 is 17.0 Å². The molecule has 0 fully saturated rings. The van der Waals surface area contributed by atoms with Gasteiger partial charge in [0.05, 0.1) is 0 Å². The number of allylic oxidation sites excluding steroid dienone is 16. The molecule has 4 aliphatic rings. The van der Waals surface area contributed by atoms with Crippen LogP contribution in [-0.4, -0.2) is 0 Å². The minimum absolute atomic E-state index is 0. The van der Waals surface area contributed by atoms with Gasteiger partial charge in [0.2, 0.25) is 0 Å². The SMILES string of the molecule is CC1=C(C)C(C)(C)C(C2=C(C)C(C)=C(C)C2(C)C)=C1C.[C-]1=CC=CC1.[C-]1=CC=CC1.[CH3-].[CH3-].[CH3-].[CH3-].[Cl-].[Cl-].[Cl][Zr+2][Cl].[Zr+2]. The quantitative estimate of drug-likeness (QED) is 0.280. The monoisotopic (exact) mass is 780 g/mol. The van der Waals surface area contributed by atoms with Crippen molar-refractivity contribution in [3.8, 4) is 0 Å². The van der Waals surface area contributed by atoms with E-state index in [2.05, 4.69) is 93.5 Å². The predicted molar refractivity (Wildman–Crippen MR) is 170 cm³/mol. The first-order valence-electron chi connectivity index (χ1n) is 11.6. The molecule has 0 amide bonds. The third kappa shape index (κ3) is 14.1. The van der Waals surface area contributed by atoms with E-state index in [1.165, 1.54) is 33.4 Å². The molecule has 0 unspecified atom stereocenters. The molecule has 40 heavy (non-hydrogen) atoms. The third-order valence-electron chi connectivity index (χ3n) is 7.55. The van der Waals surface area contributed by atoms with Gasteiger partial charge in [0.15, 0.2) is 0 Å². The van der Waals surface area contributed by atoms with Gasteiger partial charge in [0.25, 0.3) is 0 Å². The van der Waals surface area contributed by atoms with Gasteiger partial charge in [0, 0.05) is 10.8 Å². The van der Waals surface area contributed by atoms with Gasteiger partial charge in [-0.15, -0.1) is 12.8 Å². The van der Waals surface area contributed by atoms with Crippen LogP contribution in [0, 0.1) is 52.7 Å². The maximum absolute atomic E-state index is 4.93. The van der Waals surface area contributed by atoms with E-state index in [1.807, 2.05) is 24.3 Å². The molecule has 4 rings (SSSR count). The summed E-state index contributed by atoms with van der Waals surface area (Å²) in [5.41, 5.74) is 12.5. The molecule has 0 radical (unpaired) electrons. The topological polar surface area (TPSA) is 0 Å². The van der Waals surface area contributed by atoms with Crippen LogP contribution in [0.1, 0.15) is 82.1 Å². The van der Waals surface area contributed by atoms with Crippen molar-refractivity contribution in [1.29, 1.82) is 0 Å². The molecular formula is C34H52Cl4Zr2-4. The molecule has 0 heterocycles. The maximum Gasteiger partial charge on any atom is 2.00 e. The van der Waals surface area contributed by atoms with Crippen LogP contribution in [0.5, 0.6) is 0 Å². The summed E-state index contributed by atoms with van der Waals surface area (Å²) in [4.78, 5) is 0. The fourth-order valence-corrected chi connectivity index (χ4v) is 4.87. The Bertz CT molecular complexity index is 872. The minimum Gasteiger partial charge on any atom is 2.00 e. The van der Waals surface area contributed by atoms with Gasteiger partial charge in [0.1, 0.15) is 0 Å². The van der Waals surface area contributed by atoms with Crippen LogP contribution in [0.3, 0.4) is 0 Å². The van der Waals surface area contributed by atoms with E-state index in [1.54, 1.807) is 11.1 Å². The molecule has 0 bridgehead atoms. The first-order valence-corrected chi connectivity index (χ1v) is 17.9. The summed E-state index contributed by atoms with van der Waals surface area (Å²) in [5.74, 6) is 0. The molecule has 0 nitrogen and oxygen atoms in total.